The molecule has 0 amide bonds. The third-order valence-electron chi connectivity index (χ3n) is 8.71. The van der Waals surface area contributed by atoms with Gasteiger partial charge in [0.15, 0.2) is 0 Å². The molecule has 2 aromatic carbocycles. The number of fused-ring (bicyclic) bond motifs is 5. The van der Waals surface area contributed by atoms with Gasteiger partial charge in [-0.15, -0.1) is 0 Å². The van der Waals surface area contributed by atoms with Gasteiger partial charge in [-0.05, 0) is 105 Å². The topological polar surface area (TPSA) is 113 Å². The Morgan fingerprint density at radius 3 is 2.46 bits per heavy atom. The summed E-state index contributed by atoms with van der Waals surface area (Å²) in [7, 11) is 0. The van der Waals surface area contributed by atoms with Crippen LogP contribution in [-0.2, 0) is 20.7 Å². The number of esters is 2. The van der Waals surface area contributed by atoms with Crippen LogP contribution in [0.4, 0.5) is 0 Å². The van der Waals surface area contributed by atoms with E-state index in [2.05, 4.69) is 13.0 Å². The van der Waals surface area contributed by atoms with Crippen molar-refractivity contribution in [3.8, 4) is 17.2 Å². The van der Waals surface area contributed by atoms with Gasteiger partial charge in [-0.25, -0.2) is 4.79 Å². The minimum absolute atomic E-state index is 0.0759. The smallest absolute Gasteiger partial charge is 0.342 e. The minimum Gasteiger partial charge on any atom is -0.508 e. The minimum atomic E-state index is -0.581. The maximum Gasteiger partial charge on any atom is 0.342 e. The molecule has 5 rings (SSSR count). The van der Waals surface area contributed by atoms with Crippen LogP contribution in [0.2, 0.25) is 0 Å². The number of phenolic OH excluding ortho intramolecular Hbond substituents is 3. The second-order valence-electron chi connectivity index (χ2n) is 10.9. The van der Waals surface area contributed by atoms with Gasteiger partial charge in [-0.2, -0.15) is 0 Å². The van der Waals surface area contributed by atoms with Crippen LogP contribution in [0.3, 0.4) is 0 Å². The fraction of sp³-hybridized carbons (Fsp3) is 0.533. The quantitative estimate of drug-likeness (QED) is 0.450. The second-order valence-corrected chi connectivity index (χ2v) is 10.9. The van der Waals surface area contributed by atoms with Crippen LogP contribution in [0.1, 0.15) is 85.8 Å². The fourth-order valence-electron chi connectivity index (χ4n) is 7.13. The van der Waals surface area contributed by atoms with Gasteiger partial charge in [0.2, 0.25) is 0 Å². The zero-order valence-corrected chi connectivity index (χ0v) is 22.1. The molecule has 0 bridgehead atoms. The molecule has 3 aliphatic rings. The summed E-state index contributed by atoms with van der Waals surface area (Å²) in [6.45, 7) is 7.43. The molecule has 5 unspecified atom stereocenters. The first-order chi connectivity index (χ1) is 17.5. The molecule has 0 aromatic heterocycles. The summed E-state index contributed by atoms with van der Waals surface area (Å²) in [4.78, 5) is 22.8. The molecule has 3 N–H and O–H groups in total. The van der Waals surface area contributed by atoms with Crippen LogP contribution in [0.5, 0.6) is 17.2 Å². The monoisotopic (exact) mass is 510 g/mol. The molecular weight excluding hydrogens is 472 g/mol. The van der Waals surface area contributed by atoms with Crippen molar-refractivity contribution in [3.63, 3.8) is 0 Å². The molecule has 0 aliphatic heterocycles. The van der Waals surface area contributed by atoms with E-state index in [4.69, 9.17) is 14.6 Å². The summed E-state index contributed by atoms with van der Waals surface area (Å²) >= 11 is 0. The first kappa shape index (κ1) is 26.8. The summed E-state index contributed by atoms with van der Waals surface area (Å²) in [5.41, 5.74) is 3.54. The average Bonchev–Trinajstić information content (AvgIpc) is 3.14. The average molecular weight is 511 g/mol. The first-order valence-electron chi connectivity index (χ1n) is 13.2. The number of hydrogen-bond donors (Lipinski definition) is 3. The van der Waals surface area contributed by atoms with Gasteiger partial charge >= 0.3 is 11.9 Å². The van der Waals surface area contributed by atoms with E-state index >= 15 is 0 Å². The normalized spacial score (nSPS) is 27.6. The number of carbonyl (C=O) groups is 2. The summed E-state index contributed by atoms with van der Waals surface area (Å²) in [5.74, 6) is 1.31. The lowest BCUT2D eigenvalue weighted by atomic mass is 9.55. The van der Waals surface area contributed by atoms with Gasteiger partial charge in [0, 0.05) is 18.4 Å². The van der Waals surface area contributed by atoms with Crippen LogP contribution >= 0.6 is 0 Å². The molecule has 3 aliphatic carbocycles. The van der Waals surface area contributed by atoms with Crippen molar-refractivity contribution in [2.75, 3.05) is 6.61 Å². The Balaban J connectivity index is 0.000000197. The SMILES string of the molecule is CC(=O)OC1CCC2C3CCc4cc(O)ccc4C3CCC12C.CCOC(=O)c1c(C)cc(O)cc1O. The predicted octanol–water partition coefficient (Wildman–Crippen LogP) is 5.76. The Morgan fingerprint density at radius 1 is 1.03 bits per heavy atom. The molecule has 7 heteroatoms. The number of ether oxygens (including phenoxy) is 2. The zero-order valence-electron chi connectivity index (χ0n) is 22.1. The second kappa shape index (κ2) is 10.6. The van der Waals surface area contributed by atoms with Crippen molar-refractivity contribution in [1.29, 1.82) is 0 Å². The molecule has 37 heavy (non-hydrogen) atoms. The highest BCUT2D eigenvalue weighted by Gasteiger charge is 2.56. The Kier molecular flexibility index (Phi) is 7.72. The van der Waals surface area contributed by atoms with Gasteiger partial charge in [-0.3, -0.25) is 4.79 Å². The van der Waals surface area contributed by atoms with E-state index < -0.39 is 5.97 Å². The molecule has 5 atom stereocenters. The Morgan fingerprint density at radius 2 is 1.78 bits per heavy atom. The molecule has 200 valence electrons. The molecule has 2 fully saturated rings. The van der Waals surface area contributed by atoms with E-state index in [0.717, 1.165) is 25.3 Å². The Hall–Kier alpha value is -3.22. The molecule has 0 radical (unpaired) electrons. The van der Waals surface area contributed by atoms with Gasteiger partial charge in [0.1, 0.15) is 28.9 Å². The summed E-state index contributed by atoms with van der Waals surface area (Å²) in [5, 5.41) is 28.3. The van der Waals surface area contributed by atoms with Crippen LogP contribution < -0.4 is 0 Å². The third kappa shape index (κ3) is 5.27. The van der Waals surface area contributed by atoms with E-state index in [1.165, 1.54) is 43.4 Å². The fourth-order valence-corrected chi connectivity index (χ4v) is 7.13. The van der Waals surface area contributed by atoms with E-state index in [1.807, 2.05) is 12.1 Å². The number of benzene rings is 2. The van der Waals surface area contributed by atoms with Gasteiger partial charge in [0.05, 0.1) is 6.61 Å². The number of aromatic hydroxyl groups is 3. The van der Waals surface area contributed by atoms with E-state index in [9.17, 15) is 19.8 Å². The largest absolute Gasteiger partial charge is 0.508 e. The van der Waals surface area contributed by atoms with Crippen molar-refractivity contribution in [2.24, 2.45) is 17.3 Å². The standard InChI is InChI=1S/C20H26O3.C10H12O4/c1-12(21)23-19-8-7-18-17-5-3-13-11-14(22)4-6-15(13)16(17)9-10-20(18,19)2;1-3-14-10(13)9-6(2)4-7(11)5-8(9)12/h4,6,11,16-19,22H,3,5,7-10H2,1-2H3;4-5,11-12H,3H2,1-2H3. The number of phenols is 3. The van der Waals surface area contributed by atoms with Gasteiger partial charge in [0.25, 0.3) is 0 Å². The lowest BCUT2D eigenvalue weighted by Gasteiger charge is -2.50. The maximum atomic E-state index is 11.4. The van der Waals surface area contributed by atoms with Crippen molar-refractivity contribution >= 4 is 11.9 Å². The molecule has 2 aromatic rings. The number of aryl methyl sites for hydroxylation is 2. The maximum absolute atomic E-state index is 11.4. The summed E-state index contributed by atoms with van der Waals surface area (Å²) < 4.78 is 10.4. The molecule has 0 heterocycles. The van der Waals surface area contributed by atoms with Crippen molar-refractivity contribution in [1.82, 2.24) is 0 Å². The van der Waals surface area contributed by atoms with Crippen molar-refractivity contribution in [3.05, 3.63) is 52.6 Å². The summed E-state index contributed by atoms with van der Waals surface area (Å²) in [6, 6.07) is 8.44. The highest BCUT2D eigenvalue weighted by molar-refractivity contribution is 5.94. The van der Waals surface area contributed by atoms with E-state index in [0.29, 0.717) is 29.1 Å². The number of rotatable bonds is 3. The predicted molar refractivity (Wildman–Crippen MR) is 139 cm³/mol. The van der Waals surface area contributed by atoms with Gasteiger partial charge < -0.3 is 24.8 Å². The van der Waals surface area contributed by atoms with Crippen molar-refractivity contribution in [2.45, 2.75) is 78.2 Å². The third-order valence-corrected chi connectivity index (χ3v) is 8.71. The molecular formula is C30H38O7. The number of carbonyl (C=O) groups excluding carboxylic acids is 2. The van der Waals surface area contributed by atoms with E-state index in [-0.39, 0.29) is 41.2 Å². The molecule has 2 saturated carbocycles. The molecule has 7 nitrogen and oxygen atoms in total. The Bertz CT molecular complexity index is 1150. The lowest BCUT2D eigenvalue weighted by molar-refractivity contribution is -0.154. The molecule has 0 spiro atoms. The highest BCUT2D eigenvalue weighted by atomic mass is 16.5. The molecule has 0 saturated heterocycles. The van der Waals surface area contributed by atoms with Gasteiger partial charge in [-0.1, -0.05) is 13.0 Å². The first-order valence-corrected chi connectivity index (χ1v) is 13.2. The van der Waals surface area contributed by atoms with E-state index in [1.54, 1.807) is 13.8 Å². The van der Waals surface area contributed by atoms with Crippen LogP contribution in [0, 0.1) is 24.2 Å². The highest BCUT2D eigenvalue weighted by Crippen LogP contribution is 2.61. The summed E-state index contributed by atoms with van der Waals surface area (Å²) in [6.07, 6.45) is 6.89. The van der Waals surface area contributed by atoms with Crippen LogP contribution in [0.15, 0.2) is 30.3 Å². The number of hydrogen-bond acceptors (Lipinski definition) is 7. The van der Waals surface area contributed by atoms with Crippen LogP contribution in [0.25, 0.3) is 0 Å². The Labute approximate surface area is 218 Å². The van der Waals surface area contributed by atoms with Crippen molar-refractivity contribution < 1.29 is 34.4 Å². The zero-order chi connectivity index (χ0) is 26.9. The lowest BCUT2D eigenvalue weighted by Crippen LogP contribution is -2.45. The van der Waals surface area contributed by atoms with Crippen LogP contribution in [-0.4, -0.2) is 40.0 Å².